The van der Waals surface area contributed by atoms with E-state index in [-0.39, 0.29) is 0 Å². The number of hydrogen-bond acceptors (Lipinski definition) is 3. The van der Waals surface area contributed by atoms with Gasteiger partial charge in [0.2, 0.25) is 0 Å². The highest BCUT2D eigenvalue weighted by molar-refractivity contribution is 6.29. The van der Waals surface area contributed by atoms with Crippen molar-refractivity contribution >= 4 is 11.6 Å². The predicted molar refractivity (Wildman–Crippen MR) is 50.6 cm³/mol. The van der Waals surface area contributed by atoms with Crippen molar-refractivity contribution in [3.8, 4) is 5.75 Å². The summed E-state index contributed by atoms with van der Waals surface area (Å²) in [4.78, 5) is 3.89. The van der Waals surface area contributed by atoms with E-state index in [1.54, 1.807) is 24.6 Å². The van der Waals surface area contributed by atoms with Crippen LogP contribution in [0.15, 0.2) is 30.3 Å². The highest BCUT2D eigenvalue weighted by Gasteiger charge is 2.06. The zero-order valence-electron chi connectivity index (χ0n) is 6.96. The van der Waals surface area contributed by atoms with Gasteiger partial charge in [0.25, 0.3) is 0 Å². The first-order valence-electron chi connectivity index (χ1n) is 4.06. The van der Waals surface area contributed by atoms with Crippen molar-refractivity contribution < 1.29 is 4.74 Å². The SMILES string of the molecule is Clc1ccc(O/C=C2\CCN2)cn1. The number of aromatic nitrogens is 1. The molecule has 1 fully saturated rings. The topological polar surface area (TPSA) is 34.1 Å². The number of nitrogens with zero attached hydrogens (tertiary/aromatic N) is 1. The molecule has 2 heterocycles. The van der Waals surface area contributed by atoms with Crippen LogP contribution in [0.4, 0.5) is 0 Å². The maximum atomic E-state index is 5.62. The van der Waals surface area contributed by atoms with Crippen LogP contribution in [-0.2, 0) is 0 Å². The third-order valence-corrected chi connectivity index (χ3v) is 2.01. The van der Waals surface area contributed by atoms with Crippen molar-refractivity contribution in [1.29, 1.82) is 0 Å². The lowest BCUT2D eigenvalue weighted by atomic mass is 10.2. The van der Waals surface area contributed by atoms with Crippen LogP contribution in [-0.4, -0.2) is 11.5 Å². The van der Waals surface area contributed by atoms with E-state index < -0.39 is 0 Å². The summed E-state index contributed by atoms with van der Waals surface area (Å²) in [5.74, 6) is 0.700. The van der Waals surface area contributed by atoms with E-state index in [0.717, 1.165) is 18.7 Å². The smallest absolute Gasteiger partial charge is 0.145 e. The molecule has 2 rings (SSSR count). The van der Waals surface area contributed by atoms with Gasteiger partial charge in [-0.15, -0.1) is 0 Å². The average Bonchev–Trinajstić information content (AvgIpc) is 2.05. The number of nitrogens with one attached hydrogen (secondary N) is 1. The van der Waals surface area contributed by atoms with Crippen LogP contribution in [0.5, 0.6) is 5.75 Å². The molecule has 0 radical (unpaired) electrons. The molecule has 0 unspecified atom stereocenters. The fourth-order valence-electron chi connectivity index (χ4n) is 0.941. The van der Waals surface area contributed by atoms with Gasteiger partial charge in [-0.3, -0.25) is 0 Å². The molecule has 1 aliphatic heterocycles. The van der Waals surface area contributed by atoms with Gasteiger partial charge in [0.15, 0.2) is 0 Å². The first kappa shape index (κ1) is 8.38. The summed E-state index contributed by atoms with van der Waals surface area (Å²) in [5, 5.41) is 3.59. The van der Waals surface area contributed by atoms with Gasteiger partial charge in [-0.25, -0.2) is 4.98 Å². The lowest BCUT2D eigenvalue weighted by Gasteiger charge is -2.18. The molecule has 0 bridgehead atoms. The third-order valence-electron chi connectivity index (χ3n) is 1.78. The highest BCUT2D eigenvalue weighted by atomic mass is 35.5. The molecule has 1 N–H and O–H groups in total. The quantitative estimate of drug-likeness (QED) is 0.580. The van der Waals surface area contributed by atoms with Gasteiger partial charge in [-0.05, 0) is 12.1 Å². The summed E-state index contributed by atoms with van der Waals surface area (Å²) in [6.07, 6.45) is 4.35. The molecule has 0 aromatic carbocycles. The second kappa shape index (κ2) is 3.66. The van der Waals surface area contributed by atoms with Gasteiger partial charge >= 0.3 is 0 Å². The first-order valence-corrected chi connectivity index (χ1v) is 4.43. The molecule has 0 saturated carbocycles. The molecular formula is C9H9ClN2O. The van der Waals surface area contributed by atoms with Crippen molar-refractivity contribution in [2.24, 2.45) is 0 Å². The first-order chi connectivity index (χ1) is 6.34. The summed E-state index contributed by atoms with van der Waals surface area (Å²) in [6, 6.07) is 3.48. The summed E-state index contributed by atoms with van der Waals surface area (Å²) in [6.45, 7) is 1.04. The van der Waals surface area contributed by atoms with Crippen LogP contribution >= 0.6 is 11.6 Å². The molecule has 0 atom stereocenters. The molecule has 1 aromatic rings. The van der Waals surface area contributed by atoms with Crippen LogP contribution in [0.1, 0.15) is 6.42 Å². The van der Waals surface area contributed by atoms with Crippen molar-refractivity contribution in [1.82, 2.24) is 10.3 Å². The summed E-state index contributed by atoms with van der Waals surface area (Å²) >= 11 is 5.62. The maximum absolute atomic E-state index is 5.62. The van der Waals surface area contributed by atoms with Gasteiger partial charge in [0.1, 0.15) is 17.2 Å². The number of halogens is 1. The molecule has 0 spiro atoms. The van der Waals surface area contributed by atoms with Gasteiger partial charge < -0.3 is 10.1 Å². The minimum absolute atomic E-state index is 0.474. The van der Waals surface area contributed by atoms with Crippen molar-refractivity contribution in [3.63, 3.8) is 0 Å². The highest BCUT2D eigenvalue weighted by Crippen LogP contribution is 2.14. The molecule has 1 aliphatic rings. The van der Waals surface area contributed by atoms with Crippen LogP contribution in [0.2, 0.25) is 5.15 Å². The Kier molecular flexibility index (Phi) is 2.36. The molecule has 3 nitrogen and oxygen atoms in total. The fourth-order valence-corrected chi connectivity index (χ4v) is 1.05. The Morgan fingerprint density at radius 2 is 2.38 bits per heavy atom. The van der Waals surface area contributed by atoms with Crippen LogP contribution in [0, 0.1) is 0 Å². The predicted octanol–water partition coefficient (Wildman–Crippen LogP) is 1.95. The van der Waals surface area contributed by atoms with Gasteiger partial charge in [0.05, 0.1) is 6.20 Å². The Morgan fingerprint density at radius 1 is 1.54 bits per heavy atom. The summed E-state index contributed by atoms with van der Waals surface area (Å²) < 4.78 is 5.32. The Balaban J connectivity index is 1.97. The van der Waals surface area contributed by atoms with Crippen LogP contribution in [0.25, 0.3) is 0 Å². The van der Waals surface area contributed by atoms with Crippen molar-refractivity contribution in [3.05, 3.63) is 35.4 Å². The molecule has 1 saturated heterocycles. The minimum atomic E-state index is 0.474. The number of ether oxygens (including phenoxy) is 1. The van der Waals surface area contributed by atoms with Gasteiger partial charge in [0, 0.05) is 18.7 Å². The standard InChI is InChI=1S/C9H9ClN2O/c10-9-2-1-8(5-12-9)13-6-7-3-4-11-7/h1-2,5-6,11H,3-4H2/b7-6+. The third kappa shape index (κ3) is 2.12. The molecule has 68 valence electrons. The molecule has 13 heavy (non-hydrogen) atoms. The van der Waals surface area contributed by atoms with E-state index in [0.29, 0.717) is 10.9 Å². The summed E-state index contributed by atoms with van der Waals surface area (Å²) in [5.41, 5.74) is 1.12. The molecule has 1 aromatic heterocycles. The van der Waals surface area contributed by atoms with E-state index >= 15 is 0 Å². The van der Waals surface area contributed by atoms with E-state index in [4.69, 9.17) is 16.3 Å². The number of hydrogen-bond donors (Lipinski definition) is 1. The van der Waals surface area contributed by atoms with Crippen molar-refractivity contribution in [2.45, 2.75) is 6.42 Å². The van der Waals surface area contributed by atoms with Gasteiger partial charge in [-0.1, -0.05) is 11.6 Å². The zero-order chi connectivity index (χ0) is 9.10. The molecule has 0 amide bonds. The fraction of sp³-hybridized carbons (Fsp3) is 0.222. The number of pyridine rings is 1. The van der Waals surface area contributed by atoms with Crippen molar-refractivity contribution in [2.75, 3.05) is 6.54 Å². The largest absolute Gasteiger partial charge is 0.462 e. The Morgan fingerprint density at radius 3 is 2.92 bits per heavy atom. The van der Waals surface area contributed by atoms with E-state index in [1.165, 1.54) is 0 Å². The normalized spacial score (nSPS) is 17.8. The Hall–Kier alpha value is -1.22. The molecule has 4 heteroatoms. The average molecular weight is 197 g/mol. The van der Waals surface area contributed by atoms with E-state index in [9.17, 15) is 0 Å². The maximum Gasteiger partial charge on any atom is 0.145 e. The minimum Gasteiger partial charge on any atom is -0.462 e. The molecule has 0 aliphatic carbocycles. The summed E-state index contributed by atoms with van der Waals surface area (Å²) in [7, 11) is 0. The molecular weight excluding hydrogens is 188 g/mol. The van der Waals surface area contributed by atoms with E-state index in [1.807, 2.05) is 0 Å². The second-order valence-electron chi connectivity index (χ2n) is 2.75. The Bertz CT molecular complexity index is 315. The second-order valence-corrected chi connectivity index (χ2v) is 3.14. The number of rotatable bonds is 2. The Labute approximate surface area is 81.4 Å². The van der Waals surface area contributed by atoms with Crippen LogP contribution < -0.4 is 10.1 Å². The lowest BCUT2D eigenvalue weighted by Crippen LogP contribution is -2.27. The van der Waals surface area contributed by atoms with Crippen LogP contribution in [0.3, 0.4) is 0 Å². The van der Waals surface area contributed by atoms with E-state index in [2.05, 4.69) is 10.3 Å². The zero-order valence-corrected chi connectivity index (χ0v) is 7.71. The lowest BCUT2D eigenvalue weighted by molar-refractivity contribution is 0.450. The monoisotopic (exact) mass is 196 g/mol. The van der Waals surface area contributed by atoms with Gasteiger partial charge in [-0.2, -0.15) is 0 Å².